The molecule has 2 aliphatic carbocycles. The third-order valence-electron chi connectivity index (χ3n) is 6.02. The summed E-state index contributed by atoms with van der Waals surface area (Å²) in [5.74, 6) is 0.659. The van der Waals surface area contributed by atoms with E-state index in [-0.39, 0.29) is 22.9 Å². The highest BCUT2D eigenvalue weighted by atomic mass is 32.2. The van der Waals surface area contributed by atoms with E-state index in [1.165, 1.54) is 10.7 Å². The lowest BCUT2D eigenvalue weighted by molar-refractivity contribution is 0.0717. The molecule has 2 saturated carbocycles. The molecular formula is C22H28N2O4S. The van der Waals surface area contributed by atoms with Crippen molar-refractivity contribution in [3.05, 3.63) is 54.0 Å². The molecule has 156 valence electrons. The first-order chi connectivity index (χ1) is 14.0. The van der Waals surface area contributed by atoms with Gasteiger partial charge in [0.1, 0.15) is 5.76 Å². The highest BCUT2D eigenvalue weighted by Gasteiger charge is 2.34. The molecule has 7 heteroatoms. The normalized spacial score (nSPS) is 18.1. The topological polar surface area (TPSA) is 70.8 Å². The molecule has 0 unspecified atom stereocenters. The summed E-state index contributed by atoms with van der Waals surface area (Å²) < 4.78 is 32.9. The summed E-state index contributed by atoms with van der Waals surface area (Å²) >= 11 is 0. The van der Waals surface area contributed by atoms with Gasteiger partial charge in [-0.1, -0.05) is 19.3 Å². The molecule has 0 saturated heterocycles. The van der Waals surface area contributed by atoms with Gasteiger partial charge in [0.25, 0.3) is 5.91 Å². The lowest BCUT2D eigenvalue weighted by atomic mass is 9.96. The first-order valence-electron chi connectivity index (χ1n) is 10.4. The van der Waals surface area contributed by atoms with Crippen LogP contribution >= 0.6 is 0 Å². The Morgan fingerprint density at radius 2 is 1.69 bits per heavy atom. The number of rotatable bonds is 7. The number of hydrogen-bond donors (Lipinski definition) is 0. The first kappa shape index (κ1) is 20.2. The van der Waals surface area contributed by atoms with Crippen LogP contribution < -0.4 is 0 Å². The van der Waals surface area contributed by atoms with Gasteiger partial charge in [-0.3, -0.25) is 4.79 Å². The zero-order valence-electron chi connectivity index (χ0n) is 16.8. The van der Waals surface area contributed by atoms with Crippen LogP contribution in [0.1, 0.15) is 61.1 Å². The van der Waals surface area contributed by atoms with Crippen LogP contribution in [0, 0.1) is 0 Å². The van der Waals surface area contributed by atoms with Gasteiger partial charge in [0.2, 0.25) is 10.0 Å². The summed E-state index contributed by atoms with van der Waals surface area (Å²) in [5, 5.41) is 0. The standard InChI is InChI=1S/C22H28N2O4S/c1-23(18-6-3-2-4-7-18)29(26,27)21-13-9-17(10-14-21)22(25)24(19-11-12-19)16-20-8-5-15-28-20/h5,8-10,13-15,18-19H,2-4,6-7,11-12,16H2,1H3. The summed E-state index contributed by atoms with van der Waals surface area (Å²) in [6, 6.07) is 10.3. The zero-order chi connectivity index (χ0) is 20.4. The van der Waals surface area contributed by atoms with Crippen LogP contribution in [0.3, 0.4) is 0 Å². The molecule has 1 aromatic carbocycles. The Hall–Kier alpha value is -2.12. The van der Waals surface area contributed by atoms with E-state index in [9.17, 15) is 13.2 Å². The van der Waals surface area contributed by atoms with Gasteiger partial charge >= 0.3 is 0 Å². The number of furan rings is 1. The van der Waals surface area contributed by atoms with Gasteiger partial charge < -0.3 is 9.32 Å². The molecule has 2 fully saturated rings. The first-order valence-corrected chi connectivity index (χ1v) is 11.8. The minimum atomic E-state index is -3.55. The van der Waals surface area contributed by atoms with E-state index in [1.807, 2.05) is 17.0 Å². The largest absolute Gasteiger partial charge is 0.467 e. The van der Waals surface area contributed by atoms with Crippen molar-refractivity contribution in [2.24, 2.45) is 0 Å². The van der Waals surface area contributed by atoms with Crippen molar-refractivity contribution in [2.75, 3.05) is 7.05 Å². The molecule has 1 amide bonds. The minimum Gasteiger partial charge on any atom is -0.467 e. The SMILES string of the molecule is CN(C1CCCCC1)S(=O)(=O)c1ccc(C(=O)N(Cc2ccco2)C2CC2)cc1. The van der Waals surface area contributed by atoms with Crippen LogP contribution in [-0.4, -0.2) is 42.7 Å². The molecule has 0 radical (unpaired) electrons. The maximum atomic E-state index is 13.0. The summed E-state index contributed by atoms with van der Waals surface area (Å²) in [6.07, 6.45) is 8.74. The van der Waals surface area contributed by atoms with E-state index in [1.54, 1.807) is 37.6 Å². The van der Waals surface area contributed by atoms with Crippen LogP contribution in [0.2, 0.25) is 0 Å². The third-order valence-corrected chi connectivity index (χ3v) is 7.95. The lowest BCUT2D eigenvalue weighted by Crippen LogP contribution is -2.38. The van der Waals surface area contributed by atoms with Crippen molar-refractivity contribution in [3.63, 3.8) is 0 Å². The summed E-state index contributed by atoms with van der Waals surface area (Å²) in [7, 11) is -1.88. The Bertz CT molecular complexity index is 928. The second kappa shape index (κ2) is 8.32. The second-order valence-electron chi connectivity index (χ2n) is 8.08. The highest BCUT2D eigenvalue weighted by molar-refractivity contribution is 7.89. The van der Waals surface area contributed by atoms with E-state index in [4.69, 9.17) is 4.42 Å². The van der Waals surface area contributed by atoms with Gasteiger partial charge in [-0.15, -0.1) is 0 Å². The van der Waals surface area contributed by atoms with Crippen molar-refractivity contribution in [1.29, 1.82) is 0 Å². The fourth-order valence-electron chi connectivity index (χ4n) is 4.07. The minimum absolute atomic E-state index is 0.0636. The Labute approximate surface area is 172 Å². The number of carbonyl (C=O) groups excluding carboxylic acids is 1. The van der Waals surface area contributed by atoms with E-state index in [0.29, 0.717) is 12.1 Å². The monoisotopic (exact) mass is 416 g/mol. The van der Waals surface area contributed by atoms with Crippen LogP contribution in [0.25, 0.3) is 0 Å². The van der Waals surface area contributed by atoms with Gasteiger partial charge in [-0.05, 0) is 62.1 Å². The van der Waals surface area contributed by atoms with Crippen molar-refractivity contribution in [2.45, 2.75) is 68.5 Å². The van der Waals surface area contributed by atoms with Gasteiger partial charge in [0.15, 0.2) is 0 Å². The zero-order valence-corrected chi connectivity index (χ0v) is 17.6. The number of benzene rings is 1. The molecule has 29 heavy (non-hydrogen) atoms. The molecule has 1 heterocycles. The average molecular weight is 417 g/mol. The van der Waals surface area contributed by atoms with Gasteiger partial charge in [-0.25, -0.2) is 8.42 Å². The molecule has 4 rings (SSSR count). The molecular weight excluding hydrogens is 388 g/mol. The quantitative estimate of drug-likeness (QED) is 0.683. The predicted molar refractivity (Wildman–Crippen MR) is 110 cm³/mol. The van der Waals surface area contributed by atoms with Crippen molar-refractivity contribution in [1.82, 2.24) is 9.21 Å². The Morgan fingerprint density at radius 1 is 1.00 bits per heavy atom. The van der Waals surface area contributed by atoms with Crippen LogP contribution in [0.4, 0.5) is 0 Å². The highest BCUT2D eigenvalue weighted by Crippen LogP contribution is 2.31. The van der Waals surface area contributed by atoms with E-state index in [2.05, 4.69) is 0 Å². The maximum Gasteiger partial charge on any atom is 0.254 e. The maximum absolute atomic E-state index is 13.0. The molecule has 1 aromatic heterocycles. The Balaban J connectivity index is 1.49. The number of sulfonamides is 1. The van der Waals surface area contributed by atoms with Crippen LogP contribution in [0.15, 0.2) is 52.0 Å². The predicted octanol–water partition coefficient (Wildman–Crippen LogP) is 4.04. The molecule has 0 atom stereocenters. The number of carbonyl (C=O) groups is 1. The summed E-state index contributed by atoms with van der Waals surface area (Å²) in [4.78, 5) is 15.1. The summed E-state index contributed by atoms with van der Waals surface area (Å²) in [6.45, 7) is 0.432. The fraction of sp³-hybridized carbons (Fsp3) is 0.500. The molecule has 6 nitrogen and oxygen atoms in total. The van der Waals surface area contributed by atoms with Gasteiger partial charge in [-0.2, -0.15) is 4.31 Å². The molecule has 0 bridgehead atoms. The smallest absolute Gasteiger partial charge is 0.254 e. The third kappa shape index (κ3) is 4.41. The number of nitrogens with zero attached hydrogens (tertiary/aromatic N) is 2. The molecule has 2 aromatic rings. The molecule has 2 aliphatic rings. The Kier molecular flexibility index (Phi) is 5.79. The Morgan fingerprint density at radius 3 is 2.28 bits per heavy atom. The average Bonchev–Trinajstić information content (AvgIpc) is 3.47. The van der Waals surface area contributed by atoms with Crippen molar-refractivity contribution in [3.8, 4) is 0 Å². The number of hydrogen-bond acceptors (Lipinski definition) is 4. The van der Waals surface area contributed by atoms with Crippen LogP contribution in [-0.2, 0) is 16.6 Å². The summed E-state index contributed by atoms with van der Waals surface area (Å²) in [5.41, 5.74) is 0.503. The van der Waals surface area contributed by atoms with Crippen molar-refractivity contribution < 1.29 is 17.6 Å². The number of amides is 1. The van der Waals surface area contributed by atoms with Gasteiger partial charge in [0, 0.05) is 24.7 Å². The molecule has 0 N–H and O–H groups in total. The fourth-order valence-corrected chi connectivity index (χ4v) is 5.48. The van der Waals surface area contributed by atoms with Crippen molar-refractivity contribution >= 4 is 15.9 Å². The second-order valence-corrected chi connectivity index (χ2v) is 10.1. The molecule has 0 spiro atoms. The van der Waals surface area contributed by atoms with E-state index >= 15 is 0 Å². The van der Waals surface area contributed by atoms with Gasteiger partial charge in [0.05, 0.1) is 17.7 Å². The molecule has 0 aliphatic heterocycles. The van der Waals surface area contributed by atoms with E-state index in [0.717, 1.165) is 44.3 Å². The lowest BCUT2D eigenvalue weighted by Gasteiger charge is -2.30. The van der Waals surface area contributed by atoms with Crippen LogP contribution in [0.5, 0.6) is 0 Å². The van der Waals surface area contributed by atoms with E-state index < -0.39 is 10.0 Å².